The average Bonchev–Trinajstić information content (AvgIpc) is 2.82. The molecule has 5 heteroatoms. The Morgan fingerprint density at radius 2 is 2.12 bits per heavy atom. The fraction of sp³-hybridized carbons (Fsp3) is 0.417. The number of hydrogen-bond donors (Lipinski definition) is 2. The van der Waals surface area contributed by atoms with Gasteiger partial charge in [0.2, 0.25) is 0 Å². The van der Waals surface area contributed by atoms with Crippen LogP contribution in [0.3, 0.4) is 0 Å². The fourth-order valence-corrected chi connectivity index (χ4v) is 3.10. The summed E-state index contributed by atoms with van der Waals surface area (Å²) in [4.78, 5) is 2.31. The number of nitrogens with zero attached hydrogens (tertiary/aromatic N) is 2. The Hall–Kier alpha value is -1.42. The summed E-state index contributed by atoms with van der Waals surface area (Å²) in [6, 6.07) is 7.88. The Kier molecular flexibility index (Phi) is 2.40. The molecule has 1 saturated carbocycles. The minimum absolute atomic E-state index is 0.274. The molecule has 0 bridgehead atoms. The first-order valence-corrected chi connectivity index (χ1v) is 6.06. The molecule has 90 valence electrons. The Morgan fingerprint density at radius 3 is 2.71 bits per heavy atom. The normalized spacial score (nSPS) is 31.5. The minimum atomic E-state index is 0.274. The van der Waals surface area contributed by atoms with E-state index in [0.717, 1.165) is 23.8 Å². The zero-order valence-electron chi connectivity index (χ0n) is 9.25. The van der Waals surface area contributed by atoms with Crippen LogP contribution in [0.5, 0.6) is 0 Å². The number of nitrogens with two attached hydrogens (primary N) is 1. The Labute approximate surface area is 105 Å². The topological polar surface area (TPSA) is 61.9 Å². The van der Waals surface area contributed by atoms with Gasteiger partial charge < -0.3 is 15.8 Å². The second-order valence-corrected chi connectivity index (χ2v) is 5.20. The van der Waals surface area contributed by atoms with E-state index in [4.69, 9.17) is 22.5 Å². The molecule has 2 fully saturated rings. The molecule has 1 aromatic carbocycles. The number of halogens is 1. The summed E-state index contributed by atoms with van der Waals surface area (Å²) in [5.41, 5.74) is 6.79. The zero-order valence-corrected chi connectivity index (χ0v) is 10.0. The maximum atomic E-state index is 8.65. The van der Waals surface area contributed by atoms with Crippen molar-refractivity contribution in [2.24, 2.45) is 28.6 Å². The number of anilines is 1. The summed E-state index contributed by atoms with van der Waals surface area (Å²) in [6.07, 6.45) is 0. The van der Waals surface area contributed by atoms with Crippen molar-refractivity contribution in [2.75, 3.05) is 18.0 Å². The van der Waals surface area contributed by atoms with Gasteiger partial charge in [0.1, 0.15) is 5.84 Å². The summed E-state index contributed by atoms with van der Waals surface area (Å²) < 4.78 is 0. The second kappa shape index (κ2) is 3.81. The van der Waals surface area contributed by atoms with Crippen LogP contribution in [0.2, 0.25) is 5.02 Å². The van der Waals surface area contributed by atoms with E-state index >= 15 is 0 Å². The van der Waals surface area contributed by atoms with Crippen LogP contribution in [0.25, 0.3) is 0 Å². The molecular weight excluding hydrogens is 238 g/mol. The van der Waals surface area contributed by atoms with Crippen molar-refractivity contribution >= 4 is 23.1 Å². The van der Waals surface area contributed by atoms with Crippen molar-refractivity contribution in [3.8, 4) is 0 Å². The van der Waals surface area contributed by atoms with E-state index in [1.54, 1.807) is 0 Å². The average molecular weight is 252 g/mol. The van der Waals surface area contributed by atoms with Gasteiger partial charge in [0.05, 0.1) is 0 Å². The lowest BCUT2D eigenvalue weighted by molar-refractivity contribution is 0.315. The van der Waals surface area contributed by atoms with Crippen molar-refractivity contribution in [2.45, 2.75) is 0 Å². The van der Waals surface area contributed by atoms with E-state index < -0.39 is 0 Å². The lowest BCUT2D eigenvalue weighted by Gasteiger charge is -2.21. The predicted octanol–water partition coefficient (Wildman–Crippen LogP) is 1.77. The van der Waals surface area contributed by atoms with Crippen LogP contribution in [0, 0.1) is 17.8 Å². The van der Waals surface area contributed by atoms with Gasteiger partial charge in [-0.3, -0.25) is 0 Å². The number of amidine groups is 1. The largest absolute Gasteiger partial charge is 0.409 e. The lowest BCUT2D eigenvalue weighted by Crippen LogP contribution is -2.28. The van der Waals surface area contributed by atoms with E-state index in [9.17, 15) is 0 Å². The van der Waals surface area contributed by atoms with Crippen LogP contribution in [0.4, 0.5) is 5.69 Å². The molecule has 0 spiro atoms. The molecule has 2 aliphatic rings. The summed E-state index contributed by atoms with van der Waals surface area (Å²) in [7, 11) is 0. The van der Waals surface area contributed by atoms with Gasteiger partial charge in [-0.2, -0.15) is 0 Å². The summed E-state index contributed by atoms with van der Waals surface area (Å²) in [5.74, 6) is 1.72. The Bertz CT molecular complexity index is 465. The van der Waals surface area contributed by atoms with Gasteiger partial charge in [-0.1, -0.05) is 22.8 Å². The van der Waals surface area contributed by atoms with Crippen molar-refractivity contribution < 1.29 is 5.21 Å². The first kappa shape index (κ1) is 10.7. The van der Waals surface area contributed by atoms with Crippen LogP contribution in [0.1, 0.15) is 0 Å². The molecule has 1 aliphatic carbocycles. The molecule has 3 N–H and O–H groups in total. The van der Waals surface area contributed by atoms with Gasteiger partial charge in [0, 0.05) is 29.7 Å². The third-order valence-corrected chi connectivity index (χ3v) is 4.06. The fourth-order valence-electron chi connectivity index (χ4n) is 2.92. The molecule has 0 radical (unpaired) electrons. The SMILES string of the molecule is NC(=NO)C1C2CN(c3cccc(Cl)c3)CC21. The molecule has 0 amide bonds. The number of oxime groups is 1. The van der Waals surface area contributed by atoms with E-state index in [0.29, 0.717) is 17.7 Å². The van der Waals surface area contributed by atoms with E-state index in [1.165, 1.54) is 0 Å². The first-order valence-electron chi connectivity index (χ1n) is 5.68. The van der Waals surface area contributed by atoms with Crippen LogP contribution in [-0.2, 0) is 0 Å². The zero-order chi connectivity index (χ0) is 12.0. The number of fused-ring (bicyclic) bond motifs is 1. The smallest absolute Gasteiger partial charge is 0.142 e. The Balaban J connectivity index is 1.69. The first-order chi connectivity index (χ1) is 8.20. The molecule has 2 unspecified atom stereocenters. The molecule has 1 aromatic rings. The monoisotopic (exact) mass is 251 g/mol. The maximum Gasteiger partial charge on any atom is 0.142 e. The highest BCUT2D eigenvalue weighted by Gasteiger charge is 2.57. The maximum absolute atomic E-state index is 8.65. The van der Waals surface area contributed by atoms with Gasteiger partial charge in [-0.15, -0.1) is 0 Å². The molecule has 4 nitrogen and oxygen atoms in total. The molecule has 0 aromatic heterocycles. The number of hydrogen-bond acceptors (Lipinski definition) is 3. The van der Waals surface area contributed by atoms with E-state index in [-0.39, 0.29) is 5.92 Å². The van der Waals surface area contributed by atoms with Gasteiger partial charge in [-0.25, -0.2) is 0 Å². The number of benzene rings is 1. The minimum Gasteiger partial charge on any atom is -0.409 e. The highest BCUT2D eigenvalue weighted by Crippen LogP contribution is 2.52. The third kappa shape index (κ3) is 1.72. The molecule has 17 heavy (non-hydrogen) atoms. The standard InChI is InChI=1S/C12H14ClN3O/c13-7-2-1-3-8(4-7)16-5-9-10(6-16)11(9)12(14)15-17/h1-4,9-11,17H,5-6H2,(H2,14,15). The molecule has 1 aliphatic heterocycles. The van der Waals surface area contributed by atoms with Gasteiger partial charge >= 0.3 is 0 Å². The number of piperidine rings is 1. The third-order valence-electron chi connectivity index (χ3n) is 3.82. The molecule has 1 heterocycles. The summed E-state index contributed by atoms with van der Waals surface area (Å²) in [5, 5.41) is 12.5. The molecule has 2 atom stereocenters. The lowest BCUT2D eigenvalue weighted by atomic mass is 10.2. The van der Waals surface area contributed by atoms with E-state index in [1.807, 2.05) is 18.2 Å². The van der Waals surface area contributed by atoms with Crippen LogP contribution in [0.15, 0.2) is 29.4 Å². The van der Waals surface area contributed by atoms with Crippen molar-refractivity contribution in [1.82, 2.24) is 0 Å². The highest BCUT2D eigenvalue weighted by atomic mass is 35.5. The van der Waals surface area contributed by atoms with Crippen LogP contribution in [-0.4, -0.2) is 24.1 Å². The van der Waals surface area contributed by atoms with Gasteiger partial charge in [-0.05, 0) is 30.0 Å². The van der Waals surface area contributed by atoms with Crippen molar-refractivity contribution in [3.05, 3.63) is 29.3 Å². The second-order valence-electron chi connectivity index (χ2n) is 4.76. The van der Waals surface area contributed by atoms with Gasteiger partial charge in [0.25, 0.3) is 0 Å². The molecule has 1 saturated heterocycles. The van der Waals surface area contributed by atoms with Crippen LogP contribution < -0.4 is 10.6 Å². The molecule has 3 rings (SSSR count). The van der Waals surface area contributed by atoms with Crippen molar-refractivity contribution in [3.63, 3.8) is 0 Å². The number of rotatable bonds is 2. The van der Waals surface area contributed by atoms with Gasteiger partial charge in [0.15, 0.2) is 0 Å². The Morgan fingerprint density at radius 1 is 1.41 bits per heavy atom. The van der Waals surface area contributed by atoms with Crippen molar-refractivity contribution in [1.29, 1.82) is 0 Å². The summed E-state index contributed by atoms with van der Waals surface area (Å²) in [6.45, 7) is 1.93. The predicted molar refractivity (Wildman–Crippen MR) is 67.5 cm³/mol. The highest BCUT2D eigenvalue weighted by molar-refractivity contribution is 6.30. The van der Waals surface area contributed by atoms with E-state index in [2.05, 4.69) is 16.1 Å². The quantitative estimate of drug-likeness (QED) is 0.364. The molecular formula is C12H14ClN3O. The summed E-state index contributed by atoms with van der Waals surface area (Å²) >= 11 is 5.97. The van der Waals surface area contributed by atoms with Crippen LogP contribution >= 0.6 is 11.6 Å².